The molecule has 0 amide bonds. The van der Waals surface area contributed by atoms with E-state index in [9.17, 15) is 4.79 Å². The third-order valence-corrected chi connectivity index (χ3v) is 4.56. The maximum absolute atomic E-state index is 12.3. The van der Waals surface area contributed by atoms with Crippen LogP contribution in [-0.4, -0.2) is 5.97 Å². The van der Waals surface area contributed by atoms with Gasteiger partial charge in [0.05, 0.1) is 5.56 Å². The molecule has 1 unspecified atom stereocenters. The monoisotopic (exact) mass is 375 g/mol. The van der Waals surface area contributed by atoms with E-state index in [0.29, 0.717) is 17.0 Å². The normalized spacial score (nSPS) is 12.2. The maximum Gasteiger partial charge on any atom is 0.386 e. The third kappa shape index (κ3) is 4.52. The summed E-state index contributed by atoms with van der Waals surface area (Å²) in [5.74, 6) is -0.0692. The fourth-order valence-electron chi connectivity index (χ4n) is 3.37. The lowest BCUT2D eigenvalue weighted by Gasteiger charge is -2.32. The molecule has 4 heteroatoms. The highest BCUT2D eigenvalue weighted by Gasteiger charge is 2.31. The van der Waals surface area contributed by atoms with Crippen molar-refractivity contribution in [1.82, 2.24) is 0 Å². The van der Waals surface area contributed by atoms with Crippen molar-refractivity contribution in [2.45, 2.75) is 26.7 Å². The highest BCUT2D eigenvalue weighted by molar-refractivity contribution is 5.88. The second-order valence-electron chi connectivity index (χ2n) is 7.83. The van der Waals surface area contributed by atoms with Crippen LogP contribution in [-0.2, 0) is 4.89 Å². The Kier molecular flexibility index (Phi) is 5.69. The average Bonchev–Trinajstić information content (AvgIpc) is 2.68. The first-order valence-electron chi connectivity index (χ1n) is 9.24. The fraction of sp³-hybridized carbons (Fsp3) is 0.208. The molecule has 0 bridgehead atoms. The van der Waals surface area contributed by atoms with Crippen molar-refractivity contribution in [3.8, 4) is 5.75 Å². The second-order valence-corrected chi connectivity index (χ2v) is 7.83. The summed E-state index contributed by atoms with van der Waals surface area (Å²) in [7, 11) is 0. The van der Waals surface area contributed by atoms with Gasteiger partial charge in [-0.05, 0) is 41.3 Å². The summed E-state index contributed by atoms with van der Waals surface area (Å²) in [4.78, 5) is 22.9. The van der Waals surface area contributed by atoms with Crippen molar-refractivity contribution >= 4 is 11.7 Å². The van der Waals surface area contributed by atoms with Gasteiger partial charge >= 0.3 is 5.97 Å². The second kappa shape index (κ2) is 8.17. The van der Waals surface area contributed by atoms with Gasteiger partial charge in [-0.1, -0.05) is 69.3 Å². The number of hydrogen-bond acceptors (Lipinski definition) is 4. The maximum atomic E-state index is 12.3. The molecular weight excluding hydrogens is 350 g/mol. The number of anilines is 1. The van der Waals surface area contributed by atoms with Gasteiger partial charge < -0.3 is 5.73 Å². The highest BCUT2D eigenvalue weighted by atomic mass is 17.2. The number of nitrogen functional groups attached to an aromatic ring is 1. The van der Waals surface area contributed by atoms with Gasteiger partial charge in [0.25, 0.3) is 0 Å². The van der Waals surface area contributed by atoms with Crippen molar-refractivity contribution < 1.29 is 14.6 Å². The summed E-state index contributed by atoms with van der Waals surface area (Å²) < 4.78 is 0. The molecule has 0 aliphatic heterocycles. The quantitative estimate of drug-likeness (QED) is 0.358. The van der Waals surface area contributed by atoms with Gasteiger partial charge in [-0.25, -0.2) is 9.68 Å². The van der Waals surface area contributed by atoms with E-state index in [1.165, 1.54) is 0 Å². The van der Waals surface area contributed by atoms with Gasteiger partial charge in [0.2, 0.25) is 0 Å². The Balaban J connectivity index is 1.94. The molecule has 3 rings (SSSR count). The van der Waals surface area contributed by atoms with Gasteiger partial charge in [0.15, 0.2) is 5.75 Å². The van der Waals surface area contributed by atoms with Crippen molar-refractivity contribution in [1.29, 1.82) is 0 Å². The molecule has 0 aliphatic rings. The topological polar surface area (TPSA) is 61.6 Å². The van der Waals surface area contributed by atoms with Crippen molar-refractivity contribution in [2.75, 3.05) is 5.73 Å². The first kappa shape index (κ1) is 19.5. The Morgan fingerprint density at radius 1 is 0.893 bits per heavy atom. The van der Waals surface area contributed by atoms with Crippen LogP contribution >= 0.6 is 0 Å². The zero-order valence-corrected chi connectivity index (χ0v) is 16.4. The van der Waals surface area contributed by atoms with Crippen LogP contribution in [0.25, 0.3) is 0 Å². The third-order valence-electron chi connectivity index (χ3n) is 4.56. The number of rotatable bonds is 5. The molecule has 2 N–H and O–H groups in total. The standard InChI is InChI=1S/C24H25NO3/c1-24(2,3)22(17-10-6-4-7-11-17)20-16-19(25)14-15-21(20)27-28-23(26)18-12-8-5-9-13-18/h4-16,22H,25H2,1-3H3. The zero-order valence-electron chi connectivity index (χ0n) is 16.4. The van der Waals surface area contributed by atoms with Crippen LogP contribution in [0.2, 0.25) is 0 Å². The number of carbonyl (C=O) groups excluding carboxylic acids is 1. The lowest BCUT2D eigenvalue weighted by Crippen LogP contribution is -2.21. The molecule has 0 saturated carbocycles. The van der Waals surface area contributed by atoms with E-state index in [0.717, 1.165) is 11.1 Å². The molecule has 144 valence electrons. The number of benzene rings is 3. The minimum Gasteiger partial charge on any atom is -0.399 e. The summed E-state index contributed by atoms with van der Waals surface area (Å²) >= 11 is 0. The molecule has 0 saturated heterocycles. The van der Waals surface area contributed by atoms with Crippen LogP contribution in [0.1, 0.15) is 48.2 Å². The predicted molar refractivity (Wildman–Crippen MR) is 111 cm³/mol. The molecule has 0 heterocycles. The molecule has 28 heavy (non-hydrogen) atoms. The van der Waals surface area contributed by atoms with Crippen LogP contribution in [0.3, 0.4) is 0 Å². The van der Waals surface area contributed by atoms with E-state index in [-0.39, 0.29) is 11.3 Å². The molecule has 0 spiro atoms. The van der Waals surface area contributed by atoms with E-state index in [4.69, 9.17) is 15.5 Å². The summed E-state index contributed by atoms with van der Waals surface area (Å²) in [6.45, 7) is 6.48. The van der Waals surface area contributed by atoms with Gasteiger partial charge in [0.1, 0.15) is 0 Å². The Morgan fingerprint density at radius 3 is 2.11 bits per heavy atom. The van der Waals surface area contributed by atoms with E-state index < -0.39 is 5.97 Å². The molecule has 4 nitrogen and oxygen atoms in total. The van der Waals surface area contributed by atoms with E-state index in [1.54, 1.807) is 36.4 Å². The first-order chi connectivity index (χ1) is 13.4. The Morgan fingerprint density at radius 2 is 1.50 bits per heavy atom. The lowest BCUT2D eigenvalue weighted by molar-refractivity contribution is -0.150. The molecule has 0 radical (unpaired) electrons. The van der Waals surface area contributed by atoms with E-state index >= 15 is 0 Å². The van der Waals surface area contributed by atoms with E-state index in [2.05, 4.69) is 32.9 Å². The lowest BCUT2D eigenvalue weighted by atomic mass is 9.72. The van der Waals surface area contributed by atoms with Gasteiger partial charge in [0, 0.05) is 17.2 Å². The Bertz CT molecular complexity index is 931. The minimum atomic E-state index is -0.546. The number of nitrogens with two attached hydrogens (primary N) is 1. The summed E-state index contributed by atoms with van der Waals surface area (Å²) in [5, 5.41) is 0. The van der Waals surface area contributed by atoms with Crippen LogP contribution in [0.4, 0.5) is 5.69 Å². The zero-order chi connectivity index (χ0) is 20.1. The van der Waals surface area contributed by atoms with Gasteiger partial charge in [-0.3, -0.25) is 4.89 Å². The van der Waals surface area contributed by atoms with Crippen molar-refractivity contribution in [3.63, 3.8) is 0 Å². The van der Waals surface area contributed by atoms with Crippen LogP contribution in [0, 0.1) is 5.41 Å². The van der Waals surface area contributed by atoms with Crippen LogP contribution in [0.15, 0.2) is 78.9 Å². The fourth-order valence-corrected chi connectivity index (χ4v) is 3.37. The van der Waals surface area contributed by atoms with Crippen LogP contribution < -0.4 is 10.6 Å². The molecule has 0 aliphatic carbocycles. The highest BCUT2D eigenvalue weighted by Crippen LogP contribution is 2.44. The first-order valence-corrected chi connectivity index (χ1v) is 9.24. The molecular formula is C24H25NO3. The Labute approximate surface area is 165 Å². The van der Waals surface area contributed by atoms with Crippen LogP contribution in [0.5, 0.6) is 5.75 Å². The van der Waals surface area contributed by atoms with Gasteiger partial charge in [-0.15, -0.1) is 0 Å². The van der Waals surface area contributed by atoms with Crippen molar-refractivity contribution in [2.24, 2.45) is 5.41 Å². The largest absolute Gasteiger partial charge is 0.399 e. The number of carbonyl (C=O) groups is 1. The van der Waals surface area contributed by atoms with Gasteiger partial charge in [-0.2, -0.15) is 0 Å². The smallest absolute Gasteiger partial charge is 0.386 e. The average molecular weight is 375 g/mol. The number of hydrogen-bond donors (Lipinski definition) is 1. The SMILES string of the molecule is CC(C)(C)C(c1ccccc1)c1cc(N)ccc1OOC(=O)c1ccccc1. The summed E-state index contributed by atoms with van der Waals surface area (Å²) in [6.07, 6.45) is 0. The Hall–Kier alpha value is -3.27. The molecule has 3 aromatic rings. The molecule has 0 aromatic heterocycles. The van der Waals surface area contributed by atoms with Crippen molar-refractivity contribution in [3.05, 3.63) is 95.6 Å². The molecule has 3 aromatic carbocycles. The summed E-state index contributed by atoms with van der Waals surface area (Å²) in [6, 6.07) is 24.3. The summed E-state index contributed by atoms with van der Waals surface area (Å²) in [5.41, 5.74) is 9.02. The minimum absolute atomic E-state index is 0.00243. The molecule has 0 fully saturated rings. The predicted octanol–water partition coefficient (Wildman–Crippen LogP) is 5.60. The van der Waals surface area contributed by atoms with E-state index in [1.807, 2.05) is 30.3 Å². The molecule has 1 atom stereocenters.